The molecule has 0 spiro atoms. The Bertz CT molecular complexity index is 1960. The Labute approximate surface area is 245 Å². The molecule has 8 nitrogen and oxygen atoms in total. The van der Waals surface area contributed by atoms with Crippen molar-refractivity contribution in [1.29, 1.82) is 0 Å². The third-order valence-corrected chi connectivity index (χ3v) is 9.33. The summed E-state index contributed by atoms with van der Waals surface area (Å²) in [4.78, 5) is 18.1. The van der Waals surface area contributed by atoms with Crippen LogP contribution in [0.25, 0.3) is 22.4 Å². The second-order valence-electron chi connectivity index (χ2n) is 12.0. The maximum absolute atomic E-state index is 15.5. The minimum Gasteiger partial charge on any atom is -0.483 e. The number of pyridine rings is 1. The summed E-state index contributed by atoms with van der Waals surface area (Å²) in [6, 6.07) is 14.6. The number of hydrogen-bond donors (Lipinski definition) is 0. The fraction of sp³-hybridized carbons (Fsp3) is 0.281. The third-order valence-electron chi connectivity index (χ3n) is 9.09. The fourth-order valence-electron chi connectivity index (χ4n) is 6.69. The van der Waals surface area contributed by atoms with E-state index in [2.05, 4.69) is 27.1 Å². The number of nitrogens with zero attached hydrogens (tertiary/aromatic N) is 6. The summed E-state index contributed by atoms with van der Waals surface area (Å²) in [6.07, 6.45) is 3.51. The highest BCUT2D eigenvalue weighted by molar-refractivity contribution is 6.31. The average Bonchev–Trinajstić information content (AvgIpc) is 3.25. The van der Waals surface area contributed by atoms with Crippen molar-refractivity contribution in [3.8, 4) is 22.6 Å². The zero-order chi connectivity index (χ0) is 28.9. The number of halogens is 2. The Morgan fingerprint density at radius 1 is 1.10 bits per heavy atom. The van der Waals surface area contributed by atoms with Gasteiger partial charge in [-0.1, -0.05) is 30.3 Å². The van der Waals surface area contributed by atoms with Crippen molar-refractivity contribution in [2.75, 3.05) is 0 Å². The van der Waals surface area contributed by atoms with E-state index in [9.17, 15) is 4.79 Å². The largest absolute Gasteiger partial charge is 0.483 e. The van der Waals surface area contributed by atoms with E-state index in [1.807, 2.05) is 54.8 Å². The first-order valence-electron chi connectivity index (χ1n) is 13.9. The van der Waals surface area contributed by atoms with Gasteiger partial charge in [-0.05, 0) is 89.2 Å². The van der Waals surface area contributed by atoms with Gasteiger partial charge in [-0.3, -0.25) is 4.79 Å². The molecule has 1 fully saturated rings. The molecule has 0 saturated heterocycles. The molecule has 2 aromatic heterocycles. The number of tetrazole rings is 1. The molecule has 1 aliphatic carbocycles. The molecule has 4 aromatic rings. The minimum atomic E-state index is -0.496. The van der Waals surface area contributed by atoms with Gasteiger partial charge in [-0.25, -0.2) is 4.99 Å². The Hall–Kier alpha value is -4.37. The molecule has 3 atom stereocenters. The van der Waals surface area contributed by atoms with E-state index < -0.39 is 11.6 Å². The lowest BCUT2D eigenvalue weighted by Gasteiger charge is -2.35. The molecule has 4 aliphatic rings. The van der Waals surface area contributed by atoms with E-state index in [0.717, 1.165) is 52.1 Å². The lowest BCUT2D eigenvalue weighted by atomic mass is 9.88. The lowest BCUT2D eigenvalue weighted by Crippen LogP contribution is -2.35. The molecule has 0 N–H and O–H groups in total. The van der Waals surface area contributed by atoms with Crippen molar-refractivity contribution in [2.45, 2.75) is 50.7 Å². The Balaban J connectivity index is 1.12. The Kier molecular flexibility index (Phi) is 5.32. The summed E-state index contributed by atoms with van der Waals surface area (Å²) in [5, 5.41) is 12.0. The molecule has 5 heterocycles. The van der Waals surface area contributed by atoms with Gasteiger partial charge < -0.3 is 9.30 Å². The molecule has 1 saturated carbocycles. The average molecular weight is 581 g/mol. The molecule has 3 unspecified atom stereocenters. The summed E-state index contributed by atoms with van der Waals surface area (Å²) in [6.45, 7) is 8.14. The van der Waals surface area contributed by atoms with Gasteiger partial charge in [0.25, 0.3) is 5.56 Å². The monoisotopic (exact) mass is 580 g/mol. The summed E-state index contributed by atoms with van der Waals surface area (Å²) < 4.78 is 25.0. The van der Waals surface area contributed by atoms with E-state index in [1.54, 1.807) is 16.8 Å². The van der Waals surface area contributed by atoms with Gasteiger partial charge in [-0.2, -0.15) is 9.07 Å². The van der Waals surface area contributed by atoms with Crippen LogP contribution in [0, 0.1) is 5.92 Å². The lowest BCUT2D eigenvalue weighted by molar-refractivity contribution is 0.134. The predicted molar refractivity (Wildman–Crippen MR) is 158 cm³/mol. The van der Waals surface area contributed by atoms with Crippen LogP contribution in [0.5, 0.6) is 5.75 Å². The number of benzene rings is 2. The molecule has 3 aliphatic heterocycles. The third kappa shape index (κ3) is 3.83. The summed E-state index contributed by atoms with van der Waals surface area (Å²) >= 11 is 6.36. The highest BCUT2D eigenvalue weighted by atomic mass is 35.5. The smallest absolute Gasteiger partial charge is 0.251 e. The van der Waals surface area contributed by atoms with Crippen LogP contribution in [0.15, 0.2) is 82.7 Å². The number of allylic oxidation sites excluding steroid dienone is 1. The summed E-state index contributed by atoms with van der Waals surface area (Å²) in [5.41, 5.74) is 6.53. The highest BCUT2D eigenvalue weighted by Gasteiger charge is 2.55. The molecule has 8 rings (SSSR count). The molecule has 0 bridgehead atoms. The summed E-state index contributed by atoms with van der Waals surface area (Å²) in [7, 11) is 0. The van der Waals surface area contributed by atoms with E-state index >= 15 is 4.39 Å². The van der Waals surface area contributed by atoms with Gasteiger partial charge in [0.15, 0.2) is 0 Å². The van der Waals surface area contributed by atoms with Crippen LogP contribution in [0.3, 0.4) is 0 Å². The van der Waals surface area contributed by atoms with E-state index in [4.69, 9.17) is 16.3 Å². The SMILES string of the molecule is C=C1Cc2ccc(C3=C(F)N=C(C4C5CC5c5cc(-c6cc(Cl)ccc6-n6cnnn6)cc(=O)n54)C3)cc2OC1(C)C. The maximum atomic E-state index is 15.5. The fourth-order valence-corrected chi connectivity index (χ4v) is 6.87. The molecule has 10 heteroatoms. The van der Waals surface area contributed by atoms with Crippen molar-refractivity contribution < 1.29 is 9.13 Å². The molecular weight excluding hydrogens is 555 g/mol. The zero-order valence-corrected chi connectivity index (χ0v) is 23.8. The quantitative estimate of drug-likeness (QED) is 0.210. The minimum absolute atomic E-state index is 0.149. The highest BCUT2D eigenvalue weighted by Crippen LogP contribution is 2.60. The van der Waals surface area contributed by atoms with Crippen molar-refractivity contribution in [2.24, 2.45) is 10.9 Å². The van der Waals surface area contributed by atoms with Crippen LogP contribution in [0.4, 0.5) is 4.39 Å². The van der Waals surface area contributed by atoms with E-state index in [0.29, 0.717) is 28.4 Å². The number of aliphatic imine (C=N–C) groups is 1. The van der Waals surface area contributed by atoms with Crippen molar-refractivity contribution in [3.05, 3.63) is 105 Å². The van der Waals surface area contributed by atoms with Crippen LogP contribution in [-0.2, 0) is 6.42 Å². The number of aromatic nitrogens is 5. The van der Waals surface area contributed by atoms with Crippen molar-refractivity contribution in [1.82, 2.24) is 24.8 Å². The molecule has 0 amide bonds. The van der Waals surface area contributed by atoms with Crippen LogP contribution in [0.1, 0.15) is 55.5 Å². The molecule has 210 valence electrons. The topological polar surface area (TPSA) is 87.2 Å². The Morgan fingerprint density at radius 2 is 1.95 bits per heavy atom. The van der Waals surface area contributed by atoms with Crippen LogP contribution in [0.2, 0.25) is 5.02 Å². The predicted octanol–water partition coefficient (Wildman–Crippen LogP) is 6.26. The normalized spacial score (nSPS) is 23.3. The van der Waals surface area contributed by atoms with Gasteiger partial charge >= 0.3 is 0 Å². The van der Waals surface area contributed by atoms with Gasteiger partial charge in [0.2, 0.25) is 5.95 Å². The van der Waals surface area contributed by atoms with Gasteiger partial charge in [0, 0.05) is 52.4 Å². The van der Waals surface area contributed by atoms with Gasteiger partial charge in [0.05, 0.1) is 11.7 Å². The van der Waals surface area contributed by atoms with Crippen LogP contribution >= 0.6 is 11.6 Å². The second kappa shape index (κ2) is 8.82. The van der Waals surface area contributed by atoms with Crippen molar-refractivity contribution in [3.63, 3.8) is 0 Å². The molecule has 2 aromatic carbocycles. The van der Waals surface area contributed by atoms with Gasteiger partial charge in [0.1, 0.15) is 17.7 Å². The first-order valence-corrected chi connectivity index (χ1v) is 14.3. The zero-order valence-electron chi connectivity index (χ0n) is 23.0. The summed E-state index contributed by atoms with van der Waals surface area (Å²) in [5.74, 6) is 0.694. The number of rotatable bonds is 4. The first-order chi connectivity index (χ1) is 20.2. The molecular formula is C32H26ClFN6O2. The number of ether oxygens (including phenoxy) is 1. The van der Waals surface area contributed by atoms with Crippen LogP contribution < -0.4 is 10.3 Å². The standard InChI is InChI=1S/C32H26ClFN6O2/c1-16-8-18-5-4-17(10-28(18)42-32(16,2)3)22-14-25(36-31(22)34)30-24-13-23(24)27-9-19(11-29(41)40(27)30)21-12-20(33)6-7-26(21)39-15-35-37-38-39/h4-7,9-12,15,23-24,30H,1,8,13-14H2,2-3H3. The van der Waals surface area contributed by atoms with Gasteiger partial charge in [-0.15, -0.1) is 5.10 Å². The van der Waals surface area contributed by atoms with E-state index in [-0.39, 0.29) is 23.4 Å². The van der Waals surface area contributed by atoms with Crippen LogP contribution in [-0.4, -0.2) is 36.1 Å². The second-order valence-corrected chi connectivity index (χ2v) is 12.4. The Morgan fingerprint density at radius 3 is 2.76 bits per heavy atom. The molecule has 0 radical (unpaired) electrons. The van der Waals surface area contributed by atoms with Crippen molar-refractivity contribution >= 4 is 22.9 Å². The number of fused-ring (bicyclic) bond motifs is 4. The molecule has 42 heavy (non-hydrogen) atoms. The first kappa shape index (κ1) is 25.3. The van der Waals surface area contributed by atoms with E-state index in [1.165, 1.54) is 6.33 Å². The maximum Gasteiger partial charge on any atom is 0.251 e. The number of hydrogen-bond acceptors (Lipinski definition) is 6.